The van der Waals surface area contributed by atoms with Crippen molar-refractivity contribution in [3.05, 3.63) is 42.0 Å². The maximum absolute atomic E-state index is 12.5. The van der Waals surface area contributed by atoms with Crippen LogP contribution in [0, 0.1) is 0 Å². The molecule has 3 heterocycles. The highest BCUT2D eigenvalue weighted by Gasteiger charge is 2.53. The number of nitrogens with zero attached hydrogens (tertiary/aromatic N) is 5. The lowest BCUT2D eigenvalue weighted by Gasteiger charge is -2.38. The number of hydrogen-bond donors (Lipinski definition) is 0. The van der Waals surface area contributed by atoms with Gasteiger partial charge >= 0.3 is 6.03 Å². The summed E-state index contributed by atoms with van der Waals surface area (Å²) in [5.74, 6) is 0.643. The van der Waals surface area contributed by atoms with Crippen molar-refractivity contribution in [3.63, 3.8) is 0 Å². The number of rotatable bonds is 3. The first kappa shape index (κ1) is 15.7. The Morgan fingerprint density at radius 3 is 2.68 bits per heavy atom. The molecule has 4 rings (SSSR count). The summed E-state index contributed by atoms with van der Waals surface area (Å²) in [4.78, 5) is 36.3. The van der Waals surface area contributed by atoms with Gasteiger partial charge in [-0.15, -0.1) is 0 Å². The molecule has 0 radical (unpaired) electrons. The van der Waals surface area contributed by atoms with Gasteiger partial charge in [0.15, 0.2) is 18.2 Å². The lowest BCUT2D eigenvalue weighted by molar-refractivity contribution is -0.135. The zero-order valence-electron chi connectivity index (χ0n) is 14.4. The van der Waals surface area contributed by atoms with Crippen LogP contribution in [0.1, 0.15) is 5.56 Å². The highest BCUT2D eigenvalue weighted by Crippen LogP contribution is 2.30. The summed E-state index contributed by atoms with van der Waals surface area (Å²) in [5.41, 5.74) is 1.16. The Morgan fingerprint density at radius 2 is 1.92 bits per heavy atom. The predicted octanol–water partition coefficient (Wildman–Crippen LogP) is 0.905. The normalized spacial score (nSPS) is 25.8. The van der Waals surface area contributed by atoms with Crippen molar-refractivity contribution in [1.82, 2.24) is 19.6 Å². The van der Waals surface area contributed by atoms with Crippen LogP contribution >= 0.6 is 0 Å². The van der Waals surface area contributed by atoms with E-state index in [0.29, 0.717) is 0 Å². The summed E-state index contributed by atoms with van der Waals surface area (Å²) in [7, 11) is 3.24. The van der Waals surface area contributed by atoms with Crippen LogP contribution in [0.2, 0.25) is 0 Å². The number of fused-ring (bicyclic) bond motifs is 3. The molecule has 7 nitrogen and oxygen atoms in total. The summed E-state index contributed by atoms with van der Waals surface area (Å²) in [6.45, 7) is 2.31. The van der Waals surface area contributed by atoms with Crippen LogP contribution in [0.15, 0.2) is 41.4 Å². The SMILES string of the molecule is CN1C(=O)C2C(N=C3N(C/C=C/c4ccccc4)CCN32)N(C)C1=O. The average molecular weight is 339 g/mol. The number of carbonyl (C=O) groups excluding carboxylic acids is 2. The molecule has 2 saturated heterocycles. The molecule has 0 aromatic heterocycles. The molecule has 0 aliphatic carbocycles. The van der Waals surface area contributed by atoms with Crippen LogP contribution < -0.4 is 0 Å². The molecule has 0 N–H and O–H groups in total. The fraction of sp³-hybridized carbons (Fsp3) is 0.389. The number of hydrogen-bond acceptors (Lipinski definition) is 5. The molecule has 0 spiro atoms. The Bertz CT molecular complexity index is 760. The Balaban J connectivity index is 1.51. The third-order valence-electron chi connectivity index (χ3n) is 5.02. The van der Waals surface area contributed by atoms with E-state index in [9.17, 15) is 9.59 Å². The first-order valence-electron chi connectivity index (χ1n) is 8.43. The van der Waals surface area contributed by atoms with Crippen molar-refractivity contribution in [2.24, 2.45) is 4.99 Å². The summed E-state index contributed by atoms with van der Waals surface area (Å²) in [5, 5.41) is 0. The van der Waals surface area contributed by atoms with Gasteiger partial charge in [-0.3, -0.25) is 9.69 Å². The summed E-state index contributed by atoms with van der Waals surface area (Å²) < 4.78 is 0. The lowest BCUT2D eigenvalue weighted by atomic mass is 10.1. The van der Waals surface area contributed by atoms with Gasteiger partial charge in [0.2, 0.25) is 0 Å². The predicted molar refractivity (Wildman–Crippen MR) is 94.7 cm³/mol. The Kier molecular flexibility index (Phi) is 3.71. The maximum atomic E-state index is 12.5. The smallest absolute Gasteiger partial charge is 0.328 e. The van der Waals surface area contributed by atoms with Gasteiger partial charge in [-0.1, -0.05) is 42.5 Å². The Labute approximate surface area is 146 Å². The fourth-order valence-electron chi connectivity index (χ4n) is 3.63. The third-order valence-corrected chi connectivity index (χ3v) is 5.02. The van der Waals surface area contributed by atoms with Crippen molar-refractivity contribution >= 4 is 24.0 Å². The quantitative estimate of drug-likeness (QED) is 0.821. The fourth-order valence-corrected chi connectivity index (χ4v) is 3.63. The largest absolute Gasteiger partial charge is 0.337 e. The van der Waals surface area contributed by atoms with Gasteiger partial charge in [0.05, 0.1) is 0 Å². The minimum absolute atomic E-state index is 0.173. The molecule has 2 fully saturated rings. The van der Waals surface area contributed by atoms with Gasteiger partial charge in [-0.25, -0.2) is 9.79 Å². The maximum Gasteiger partial charge on any atom is 0.328 e. The van der Waals surface area contributed by atoms with Crippen LogP contribution in [0.3, 0.4) is 0 Å². The second-order valence-corrected chi connectivity index (χ2v) is 6.53. The molecule has 3 amide bonds. The third kappa shape index (κ3) is 2.47. The minimum atomic E-state index is -0.424. The van der Waals surface area contributed by atoms with E-state index in [-0.39, 0.29) is 11.9 Å². The van der Waals surface area contributed by atoms with Gasteiger partial charge < -0.3 is 14.7 Å². The van der Waals surface area contributed by atoms with Crippen molar-refractivity contribution < 1.29 is 9.59 Å². The molecule has 0 saturated carbocycles. The lowest BCUT2D eigenvalue weighted by Crippen LogP contribution is -2.63. The highest BCUT2D eigenvalue weighted by molar-refractivity contribution is 6.03. The summed E-state index contributed by atoms with van der Waals surface area (Å²) in [6, 6.07) is 9.44. The minimum Gasteiger partial charge on any atom is -0.337 e. The first-order chi connectivity index (χ1) is 12.1. The molecule has 0 bridgehead atoms. The number of guanidine groups is 1. The Hall–Kier alpha value is -2.83. The van der Waals surface area contributed by atoms with E-state index in [2.05, 4.69) is 34.2 Å². The molecule has 2 unspecified atom stereocenters. The van der Waals surface area contributed by atoms with E-state index < -0.39 is 12.2 Å². The van der Waals surface area contributed by atoms with Crippen LogP contribution in [-0.2, 0) is 4.79 Å². The number of aliphatic imine (C=N–C) groups is 1. The zero-order valence-corrected chi connectivity index (χ0v) is 14.4. The number of imide groups is 1. The number of urea groups is 1. The highest BCUT2D eigenvalue weighted by atomic mass is 16.2. The monoisotopic (exact) mass is 339 g/mol. The van der Waals surface area contributed by atoms with Gasteiger partial charge in [0.25, 0.3) is 5.91 Å². The van der Waals surface area contributed by atoms with E-state index in [4.69, 9.17) is 0 Å². The molecule has 25 heavy (non-hydrogen) atoms. The van der Waals surface area contributed by atoms with Crippen LogP contribution in [0.25, 0.3) is 6.08 Å². The first-order valence-corrected chi connectivity index (χ1v) is 8.43. The molecular formula is C18H21N5O2. The van der Waals surface area contributed by atoms with E-state index in [1.54, 1.807) is 11.9 Å². The topological polar surface area (TPSA) is 59.5 Å². The number of amides is 3. The van der Waals surface area contributed by atoms with Crippen LogP contribution in [0.4, 0.5) is 4.79 Å². The molecular weight excluding hydrogens is 318 g/mol. The number of benzene rings is 1. The van der Waals surface area contributed by atoms with Crippen LogP contribution in [-0.4, -0.2) is 83.4 Å². The molecule has 3 aliphatic heterocycles. The average Bonchev–Trinajstić information content (AvgIpc) is 3.19. The van der Waals surface area contributed by atoms with Crippen LogP contribution in [0.5, 0.6) is 0 Å². The standard InChI is InChI=1S/C18H21N5O2/c1-20-15-14(16(24)21(2)18(20)25)23-12-11-22(17(23)19-15)10-6-9-13-7-4-3-5-8-13/h3-9,14-15H,10-12H2,1-2H3/b9-6+. The second kappa shape index (κ2) is 5.91. The van der Waals surface area contributed by atoms with Gasteiger partial charge in [0, 0.05) is 33.7 Å². The molecule has 7 heteroatoms. The van der Waals surface area contributed by atoms with E-state index in [1.807, 2.05) is 23.1 Å². The molecule has 1 aromatic rings. The van der Waals surface area contributed by atoms with Crippen molar-refractivity contribution in [2.45, 2.75) is 12.2 Å². The van der Waals surface area contributed by atoms with E-state index in [0.717, 1.165) is 31.2 Å². The second-order valence-electron chi connectivity index (χ2n) is 6.53. The molecule has 2 atom stereocenters. The van der Waals surface area contributed by atoms with Gasteiger partial charge in [0.1, 0.15) is 0 Å². The zero-order chi connectivity index (χ0) is 17.6. The van der Waals surface area contributed by atoms with E-state index >= 15 is 0 Å². The number of carbonyl (C=O) groups is 2. The van der Waals surface area contributed by atoms with Gasteiger partial charge in [-0.05, 0) is 5.56 Å². The molecule has 3 aliphatic rings. The summed E-state index contributed by atoms with van der Waals surface area (Å²) in [6.07, 6.45) is 3.76. The summed E-state index contributed by atoms with van der Waals surface area (Å²) >= 11 is 0. The molecule has 1 aromatic carbocycles. The van der Waals surface area contributed by atoms with E-state index in [1.165, 1.54) is 11.9 Å². The Morgan fingerprint density at radius 1 is 1.16 bits per heavy atom. The van der Waals surface area contributed by atoms with Crippen molar-refractivity contribution in [3.8, 4) is 0 Å². The van der Waals surface area contributed by atoms with Gasteiger partial charge in [-0.2, -0.15) is 0 Å². The van der Waals surface area contributed by atoms with Crippen molar-refractivity contribution in [2.75, 3.05) is 33.7 Å². The number of likely N-dealkylation sites (N-methyl/N-ethyl adjacent to an activating group) is 2. The van der Waals surface area contributed by atoms with Crippen molar-refractivity contribution in [1.29, 1.82) is 0 Å². The molecule has 130 valence electrons.